The molecule has 3 heteroatoms. The Bertz CT molecular complexity index is 90.4. The summed E-state index contributed by atoms with van der Waals surface area (Å²) in [6, 6.07) is 0. The summed E-state index contributed by atoms with van der Waals surface area (Å²) in [7, 11) is 0. The van der Waals surface area contributed by atoms with E-state index in [1.165, 1.54) is 6.92 Å². The summed E-state index contributed by atoms with van der Waals surface area (Å²) in [5.74, 6) is 0.0966. The maximum absolute atomic E-state index is 10.2. The van der Waals surface area contributed by atoms with Crippen molar-refractivity contribution in [2.75, 3.05) is 6.54 Å². The largest absolute Gasteiger partial charge is 0.358 e. The van der Waals surface area contributed by atoms with Crippen molar-refractivity contribution in [2.24, 2.45) is 0 Å². The minimum atomic E-state index is 0.0966. The fourth-order valence-electron chi connectivity index (χ4n) is 0.307. The van der Waals surface area contributed by atoms with Crippen molar-refractivity contribution in [1.29, 1.82) is 0 Å². The van der Waals surface area contributed by atoms with Crippen molar-refractivity contribution >= 4 is 12.2 Å². The first-order valence-electron chi connectivity index (χ1n) is 2.44. The van der Waals surface area contributed by atoms with Crippen molar-refractivity contribution in [1.82, 2.24) is 5.32 Å². The normalized spacial score (nSPS) is 8.12. The maximum Gasteiger partial charge on any atom is 0.207 e. The second-order valence-electron chi connectivity index (χ2n) is 1.52. The van der Waals surface area contributed by atoms with E-state index in [0.717, 1.165) is 0 Å². The van der Waals surface area contributed by atoms with Crippen molar-refractivity contribution < 1.29 is 9.59 Å². The van der Waals surface area contributed by atoms with E-state index in [-0.39, 0.29) is 5.78 Å². The molecule has 1 N–H and O–H groups in total. The molecule has 0 saturated heterocycles. The van der Waals surface area contributed by atoms with Crippen LogP contribution in [-0.2, 0) is 9.59 Å². The molecule has 0 saturated carbocycles. The van der Waals surface area contributed by atoms with E-state index < -0.39 is 0 Å². The van der Waals surface area contributed by atoms with Crippen LogP contribution in [0.5, 0.6) is 0 Å². The highest BCUT2D eigenvalue weighted by molar-refractivity contribution is 5.75. The molecular weight excluding hydrogens is 106 g/mol. The molecule has 0 aromatic heterocycles. The Labute approximate surface area is 48.1 Å². The van der Waals surface area contributed by atoms with Crippen LogP contribution in [0.4, 0.5) is 0 Å². The molecule has 46 valence electrons. The summed E-state index contributed by atoms with van der Waals surface area (Å²) < 4.78 is 0. The molecule has 0 aliphatic heterocycles. The number of amides is 1. The van der Waals surface area contributed by atoms with Crippen molar-refractivity contribution in [2.45, 2.75) is 13.3 Å². The summed E-state index contributed by atoms with van der Waals surface area (Å²) in [5, 5.41) is 2.38. The molecule has 0 rings (SSSR count). The fourth-order valence-corrected chi connectivity index (χ4v) is 0.307. The van der Waals surface area contributed by atoms with Crippen molar-refractivity contribution in [3.8, 4) is 0 Å². The zero-order chi connectivity index (χ0) is 6.41. The topological polar surface area (TPSA) is 46.2 Å². The Hall–Kier alpha value is -0.860. The van der Waals surface area contributed by atoms with Crippen LogP contribution >= 0.6 is 0 Å². The standard InChI is InChI=1S/C5H9NO2/c1-5(8)2-3-6-4-7/h4H,2-3H2,1H3,(H,6,7). The van der Waals surface area contributed by atoms with Gasteiger partial charge < -0.3 is 5.32 Å². The van der Waals surface area contributed by atoms with Gasteiger partial charge in [-0.25, -0.2) is 0 Å². The van der Waals surface area contributed by atoms with E-state index >= 15 is 0 Å². The maximum atomic E-state index is 10.2. The van der Waals surface area contributed by atoms with Crippen molar-refractivity contribution in [3.05, 3.63) is 0 Å². The minimum absolute atomic E-state index is 0.0966. The van der Waals surface area contributed by atoms with Gasteiger partial charge in [-0.2, -0.15) is 0 Å². The zero-order valence-electron chi connectivity index (χ0n) is 4.81. The molecule has 0 spiro atoms. The third-order valence-corrected chi connectivity index (χ3v) is 0.705. The van der Waals surface area contributed by atoms with E-state index in [1.54, 1.807) is 0 Å². The Morgan fingerprint density at radius 2 is 2.38 bits per heavy atom. The van der Waals surface area contributed by atoms with E-state index in [0.29, 0.717) is 19.4 Å². The lowest BCUT2D eigenvalue weighted by Gasteiger charge is -1.90. The van der Waals surface area contributed by atoms with E-state index in [2.05, 4.69) is 5.32 Å². The summed E-state index contributed by atoms with van der Waals surface area (Å²) in [6.07, 6.45) is 1.02. The number of ketones is 1. The van der Waals surface area contributed by atoms with Crippen LogP contribution in [-0.4, -0.2) is 18.7 Å². The molecule has 0 aromatic rings. The third kappa shape index (κ3) is 5.14. The average Bonchev–Trinajstić information content (AvgIpc) is 1.66. The lowest BCUT2D eigenvalue weighted by molar-refractivity contribution is -0.117. The Morgan fingerprint density at radius 1 is 1.75 bits per heavy atom. The van der Waals surface area contributed by atoms with Gasteiger partial charge >= 0.3 is 0 Å². The predicted molar refractivity (Wildman–Crippen MR) is 29.4 cm³/mol. The molecule has 0 fully saturated rings. The first kappa shape index (κ1) is 7.14. The van der Waals surface area contributed by atoms with Crippen LogP contribution in [0.2, 0.25) is 0 Å². The summed E-state index contributed by atoms with van der Waals surface area (Å²) in [4.78, 5) is 19.7. The lowest BCUT2D eigenvalue weighted by Crippen LogP contribution is -2.14. The van der Waals surface area contributed by atoms with Gasteiger partial charge in [-0.05, 0) is 6.92 Å². The minimum Gasteiger partial charge on any atom is -0.358 e. The quantitative estimate of drug-likeness (QED) is 0.404. The van der Waals surface area contributed by atoms with Crippen molar-refractivity contribution in [3.63, 3.8) is 0 Å². The highest BCUT2D eigenvalue weighted by Gasteiger charge is 1.88. The van der Waals surface area contributed by atoms with E-state index in [9.17, 15) is 9.59 Å². The van der Waals surface area contributed by atoms with Crippen LogP contribution in [0.3, 0.4) is 0 Å². The van der Waals surface area contributed by atoms with Gasteiger partial charge in [0.1, 0.15) is 5.78 Å². The van der Waals surface area contributed by atoms with Gasteiger partial charge in [-0.15, -0.1) is 0 Å². The first-order chi connectivity index (χ1) is 3.77. The van der Waals surface area contributed by atoms with Crippen LogP contribution in [0.1, 0.15) is 13.3 Å². The summed E-state index contributed by atoms with van der Waals surface area (Å²) in [5.41, 5.74) is 0. The van der Waals surface area contributed by atoms with Gasteiger partial charge in [0.25, 0.3) is 0 Å². The molecule has 0 atom stereocenters. The van der Waals surface area contributed by atoms with Crippen LogP contribution < -0.4 is 5.32 Å². The molecule has 0 heterocycles. The molecular formula is C5H9NO2. The molecule has 1 amide bonds. The Balaban J connectivity index is 2.93. The second kappa shape index (κ2) is 4.30. The zero-order valence-corrected chi connectivity index (χ0v) is 4.81. The van der Waals surface area contributed by atoms with Crippen LogP contribution in [0.15, 0.2) is 0 Å². The predicted octanol–water partition coefficient (Wildman–Crippen LogP) is -0.289. The average molecular weight is 115 g/mol. The summed E-state index contributed by atoms with van der Waals surface area (Å²) >= 11 is 0. The second-order valence-corrected chi connectivity index (χ2v) is 1.52. The number of nitrogens with one attached hydrogen (secondary N) is 1. The smallest absolute Gasteiger partial charge is 0.207 e. The van der Waals surface area contributed by atoms with Gasteiger partial charge in [0.05, 0.1) is 0 Å². The van der Waals surface area contributed by atoms with E-state index in [1.807, 2.05) is 0 Å². The van der Waals surface area contributed by atoms with Crippen LogP contribution in [0, 0.1) is 0 Å². The molecule has 8 heavy (non-hydrogen) atoms. The van der Waals surface area contributed by atoms with Gasteiger partial charge in [-0.1, -0.05) is 0 Å². The monoisotopic (exact) mass is 115 g/mol. The highest BCUT2D eigenvalue weighted by atomic mass is 16.1. The summed E-state index contributed by atoms with van der Waals surface area (Å²) in [6.45, 7) is 1.95. The Kier molecular flexibility index (Phi) is 3.84. The van der Waals surface area contributed by atoms with Gasteiger partial charge in [-0.3, -0.25) is 9.59 Å². The number of Topliss-reactive ketones (excluding diaryl/α,β-unsaturated/α-hetero) is 1. The molecule has 0 unspecified atom stereocenters. The molecule has 3 nitrogen and oxygen atoms in total. The van der Waals surface area contributed by atoms with Gasteiger partial charge in [0.2, 0.25) is 6.41 Å². The SMILES string of the molecule is CC(=O)CCNC=O. The van der Waals surface area contributed by atoms with Gasteiger partial charge in [0.15, 0.2) is 0 Å². The number of carbonyl (C=O) groups is 2. The molecule has 0 aliphatic rings. The highest BCUT2D eigenvalue weighted by Crippen LogP contribution is 1.74. The first-order valence-corrected chi connectivity index (χ1v) is 2.44. The Morgan fingerprint density at radius 3 is 2.75 bits per heavy atom. The number of hydrogen-bond acceptors (Lipinski definition) is 2. The molecule has 0 aromatic carbocycles. The fraction of sp³-hybridized carbons (Fsp3) is 0.600. The number of rotatable bonds is 4. The van der Waals surface area contributed by atoms with E-state index in [4.69, 9.17) is 0 Å². The number of carbonyl (C=O) groups excluding carboxylic acids is 2. The van der Waals surface area contributed by atoms with Gasteiger partial charge in [0, 0.05) is 13.0 Å². The van der Waals surface area contributed by atoms with Crippen LogP contribution in [0.25, 0.3) is 0 Å². The molecule has 0 bridgehead atoms. The molecule has 0 aliphatic carbocycles. The third-order valence-electron chi connectivity index (χ3n) is 0.705. The number of hydrogen-bond donors (Lipinski definition) is 1. The molecule has 0 radical (unpaired) electrons. The lowest BCUT2D eigenvalue weighted by atomic mass is 10.3.